The molecule has 0 saturated carbocycles. The van der Waals surface area contributed by atoms with Crippen molar-refractivity contribution < 1.29 is 9.53 Å². The number of ether oxygens (including phenoxy) is 1. The fourth-order valence-electron chi connectivity index (χ4n) is 4.10. The summed E-state index contributed by atoms with van der Waals surface area (Å²) < 4.78 is 7.11. The third-order valence-electron chi connectivity index (χ3n) is 5.57. The number of nitrogen functional groups attached to an aromatic ring is 1. The van der Waals surface area contributed by atoms with Gasteiger partial charge in [-0.2, -0.15) is 0 Å². The van der Waals surface area contributed by atoms with Gasteiger partial charge in [0.2, 0.25) is 0 Å². The van der Waals surface area contributed by atoms with Crippen molar-refractivity contribution in [3.05, 3.63) is 56.1 Å². The highest BCUT2D eigenvalue weighted by atomic mass is 127. The second kappa shape index (κ2) is 8.47. The van der Waals surface area contributed by atoms with Crippen LogP contribution in [0.4, 0.5) is 5.69 Å². The maximum Gasteiger partial charge on any atom is 0.255 e. The van der Waals surface area contributed by atoms with Gasteiger partial charge in [-0.25, -0.2) is 0 Å². The molecule has 2 aromatic carbocycles. The number of rotatable bonds is 5. The lowest BCUT2D eigenvalue weighted by Crippen LogP contribution is -2.57. The molecule has 0 spiro atoms. The summed E-state index contributed by atoms with van der Waals surface area (Å²) in [5.74, 6) is 0.758. The number of benzene rings is 2. The summed E-state index contributed by atoms with van der Waals surface area (Å²) in [6, 6.07) is 11.5. The molecule has 3 saturated heterocycles. The number of fused-ring (bicyclic) bond motifs is 3. The van der Waals surface area contributed by atoms with E-state index in [0.29, 0.717) is 34.5 Å². The number of hydrogen-bond donors (Lipinski definition) is 2. The molecule has 7 heteroatoms. The average Bonchev–Trinajstić information content (AvgIpc) is 2.68. The number of amides is 1. The van der Waals surface area contributed by atoms with Crippen LogP contribution in [-0.4, -0.2) is 36.5 Å². The second-order valence-corrected chi connectivity index (χ2v) is 9.19. The van der Waals surface area contributed by atoms with Crippen molar-refractivity contribution in [3.63, 3.8) is 0 Å². The summed E-state index contributed by atoms with van der Waals surface area (Å²) in [7, 11) is 0. The minimum absolute atomic E-state index is 0.166. The standard InChI is InChI=1S/C21H23ClIN3O2/c22-15-9-17(21(27)25-19-11-26-6-4-14(19)5-7-26)20(18(24)10-15)28-12-13-2-1-3-16(23)8-13/h1-3,8-10,14,19H,4-7,11-12,24H2,(H,25,27). The van der Waals surface area contributed by atoms with E-state index in [0.717, 1.165) is 41.6 Å². The number of halogens is 2. The molecule has 1 atom stereocenters. The highest BCUT2D eigenvalue weighted by Gasteiger charge is 2.35. The Labute approximate surface area is 183 Å². The number of carbonyl (C=O) groups is 1. The Morgan fingerprint density at radius 1 is 1.29 bits per heavy atom. The monoisotopic (exact) mass is 511 g/mol. The van der Waals surface area contributed by atoms with Crippen LogP contribution in [0, 0.1) is 9.49 Å². The predicted octanol–water partition coefficient (Wildman–Crippen LogP) is 3.93. The van der Waals surface area contributed by atoms with Crippen LogP contribution < -0.4 is 15.8 Å². The van der Waals surface area contributed by atoms with Crippen LogP contribution in [0.1, 0.15) is 28.8 Å². The molecule has 3 aliphatic rings. The third kappa shape index (κ3) is 4.39. The van der Waals surface area contributed by atoms with E-state index in [1.54, 1.807) is 12.1 Å². The van der Waals surface area contributed by atoms with Crippen molar-refractivity contribution in [3.8, 4) is 5.75 Å². The molecule has 148 valence electrons. The van der Waals surface area contributed by atoms with Crippen LogP contribution in [0.15, 0.2) is 36.4 Å². The molecule has 0 radical (unpaired) electrons. The lowest BCUT2D eigenvalue weighted by molar-refractivity contribution is 0.0618. The van der Waals surface area contributed by atoms with Gasteiger partial charge < -0.3 is 20.7 Å². The zero-order valence-corrected chi connectivity index (χ0v) is 18.4. The predicted molar refractivity (Wildman–Crippen MR) is 120 cm³/mol. The Kier molecular flexibility index (Phi) is 5.99. The van der Waals surface area contributed by atoms with E-state index in [1.807, 2.05) is 24.3 Å². The summed E-state index contributed by atoms with van der Waals surface area (Å²) in [5.41, 5.74) is 7.93. The molecule has 3 fully saturated rings. The number of nitrogens with one attached hydrogen (secondary N) is 1. The summed E-state index contributed by atoms with van der Waals surface area (Å²) in [6.07, 6.45) is 2.28. The topological polar surface area (TPSA) is 67.6 Å². The molecular formula is C21H23ClIN3O2. The normalized spacial score (nSPS) is 23.4. The second-order valence-electron chi connectivity index (χ2n) is 7.51. The highest BCUT2D eigenvalue weighted by Crippen LogP contribution is 2.33. The van der Waals surface area contributed by atoms with Gasteiger partial charge in [-0.05, 0) is 84.3 Å². The largest absolute Gasteiger partial charge is 0.486 e. The maximum absolute atomic E-state index is 13.1. The zero-order chi connectivity index (χ0) is 19.7. The van der Waals surface area contributed by atoms with Crippen LogP contribution in [0.25, 0.3) is 0 Å². The van der Waals surface area contributed by atoms with E-state index >= 15 is 0 Å². The molecule has 5 rings (SSSR count). The zero-order valence-electron chi connectivity index (χ0n) is 15.5. The number of anilines is 1. The van der Waals surface area contributed by atoms with Crippen molar-refractivity contribution in [2.75, 3.05) is 25.4 Å². The van der Waals surface area contributed by atoms with E-state index in [9.17, 15) is 4.79 Å². The molecule has 2 aromatic rings. The summed E-state index contributed by atoms with van der Waals surface area (Å²) in [6.45, 7) is 3.50. The molecule has 0 aromatic heterocycles. The highest BCUT2D eigenvalue weighted by molar-refractivity contribution is 14.1. The van der Waals surface area contributed by atoms with E-state index in [2.05, 4.69) is 32.8 Å². The van der Waals surface area contributed by atoms with Crippen molar-refractivity contribution >= 4 is 45.8 Å². The molecule has 3 aliphatic heterocycles. The SMILES string of the molecule is Nc1cc(Cl)cc(C(=O)NC2CN3CCC2CC3)c1OCc1cccc(I)c1. The lowest BCUT2D eigenvalue weighted by Gasteiger charge is -2.44. The van der Waals surface area contributed by atoms with Gasteiger partial charge in [0.05, 0.1) is 11.3 Å². The van der Waals surface area contributed by atoms with Gasteiger partial charge in [0.25, 0.3) is 5.91 Å². The minimum Gasteiger partial charge on any atom is -0.486 e. The van der Waals surface area contributed by atoms with Crippen LogP contribution in [-0.2, 0) is 6.61 Å². The first-order valence-corrected chi connectivity index (χ1v) is 10.9. The smallest absolute Gasteiger partial charge is 0.255 e. The Balaban J connectivity index is 1.53. The molecule has 28 heavy (non-hydrogen) atoms. The number of nitrogens with two attached hydrogens (primary N) is 1. The van der Waals surface area contributed by atoms with Crippen LogP contribution >= 0.6 is 34.2 Å². The van der Waals surface area contributed by atoms with Gasteiger partial charge in [0, 0.05) is 21.2 Å². The first-order valence-electron chi connectivity index (χ1n) is 9.49. The maximum atomic E-state index is 13.1. The fourth-order valence-corrected chi connectivity index (χ4v) is 4.94. The van der Waals surface area contributed by atoms with Gasteiger partial charge in [-0.3, -0.25) is 4.79 Å². The Hall–Kier alpha value is -1.51. The average molecular weight is 512 g/mol. The molecule has 3 heterocycles. The van der Waals surface area contributed by atoms with Gasteiger partial charge in [0.15, 0.2) is 5.75 Å². The van der Waals surface area contributed by atoms with Gasteiger partial charge >= 0.3 is 0 Å². The fraction of sp³-hybridized carbons (Fsp3) is 0.381. The van der Waals surface area contributed by atoms with Gasteiger partial charge in [-0.15, -0.1) is 0 Å². The van der Waals surface area contributed by atoms with E-state index in [1.165, 1.54) is 0 Å². The van der Waals surface area contributed by atoms with Crippen molar-refractivity contribution in [2.45, 2.75) is 25.5 Å². The molecule has 1 unspecified atom stereocenters. The van der Waals surface area contributed by atoms with Gasteiger partial charge in [-0.1, -0.05) is 23.7 Å². The number of hydrogen-bond acceptors (Lipinski definition) is 4. The van der Waals surface area contributed by atoms with Crippen LogP contribution in [0.5, 0.6) is 5.75 Å². The number of piperidine rings is 3. The quantitative estimate of drug-likeness (QED) is 0.472. The van der Waals surface area contributed by atoms with E-state index in [4.69, 9.17) is 22.1 Å². The molecule has 5 nitrogen and oxygen atoms in total. The van der Waals surface area contributed by atoms with Crippen molar-refractivity contribution in [1.82, 2.24) is 10.2 Å². The first kappa shape index (κ1) is 19.8. The molecule has 3 N–H and O–H groups in total. The summed E-state index contributed by atoms with van der Waals surface area (Å²) >= 11 is 8.45. The molecule has 0 aliphatic carbocycles. The third-order valence-corrected chi connectivity index (χ3v) is 6.46. The minimum atomic E-state index is -0.175. The van der Waals surface area contributed by atoms with E-state index in [-0.39, 0.29) is 11.9 Å². The molecular weight excluding hydrogens is 489 g/mol. The van der Waals surface area contributed by atoms with Crippen molar-refractivity contribution in [1.29, 1.82) is 0 Å². The summed E-state index contributed by atoms with van der Waals surface area (Å²) in [4.78, 5) is 15.5. The summed E-state index contributed by atoms with van der Waals surface area (Å²) in [5, 5.41) is 3.62. The van der Waals surface area contributed by atoms with Crippen LogP contribution in [0.3, 0.4) is 0 Å². The number of carbonyl (C=O) groups excluding carboxylic acids is 1. The first-order chi connectivity index (χ1) is 13.5. The molecule has 1 amide bonds. The Morgan fingerprint density at radius 3 is 2.75 bits per heavy atom. The van der Waals surface area contributed by atoms with Gasteiger partial charge in [0.1, 0.15) is 6.61 Å². The van der Waals surface area contributed by atoms with Crippen molar-refractivity contribution in [2.24, 2.45) is 5.92 Å². The molecule has 2 bridgehead atoms. The Bertz CT molecular complexity index is 884. The Morgan fingerprint density at radius 2 is 2.07 bits per heavy atom. The number of nitrogens with zero attached hydrogens (tertiary/aromatic N) is 1. The lowest BCUT2D eigenvalue weighted by atomic mass is 9.84. The van der Waals surface area contributed by atoms with E-state index < -0.39 is 0 Å². The van der Waals surface area contributed by atoms with Crippen LogP contribution in [0.2, 0.25) is 5.02 Å².